The number of nitrogens with one attached hydrogen (secondary N) is 4. The van der Waals surface area contributed by atoms with Gasteiger partial charge in [-0.1, -0.05) is 54.9 Å². The SMILES string of the molecule is C.C.C.C.CC(C)(C)O.CC(C)(C)OC(=O)NS(=O)(=O)Cl.CC(C)(C)OC(=O)NS(=O)(=O)NC1CC1.CCN(CC)CC.ClCCl.ClCCl.ClCCl.NC1CC1.NS(=O)(=O)NC1CC1.O=C=NS(=O)(=O)Cl. The van der Waals surface area contributed by atoms with Gasteiger partial charge in [-0.2, -0.15) is 43.1 Å². The lowest BCUT2D eigenvalue weighted by Gasteiger charge is -2.19. The van der Waals surface area contributed by atoms with Crippen LogP contribution >= 0.6 is 91.0 Å². The summed E-state index contributed by atoms with van der Waals surface area (Å²) in [4.78, 5) is 33.2. The fourth-order valence-electron chi connectivity index (χ4n) is 2.50. The van der Waals surface area contributed by atoms with Crippen LogP contribution in [0.25, 0.3) is 0 Å². The van der Waals surface area contributed by atoms with E-state index < -0.39 is 67.9 Å². The second-order valence-corrected chi connectivity index (χ2v) is 25.2. The van der Waals surface area contributed by atoms with Crippen LogP contribution in [0.1, 0.15) is 151 Å². The highest BCUT2D eigenvalue weighted by Gasteiger charge is 2.29. The van der Waals surface area contributed by atoms with Crippen molar-refractivity contribution in [2.45, 2.75) is 186 Å². The molecule has 0 spiro atoms. The van der Waals surface area contributed by atoms with Gasteiger partial charge < -0.3 is 25.2 Å². The fraction of sp³-hybridized carbons (Fsp3) is 0.919. The normalized spacial score (nSPS) is 13.2. The molecule has 0 unspecified atom stereocenters. The van der Waals surface area contributed by atoms with Crippen molar-refractivity contribution in [3.8, 4) is 0 Å². The molecule has 440 valence electrons. The van der Waals surface area contributed by atoms with E-state index in [-0.39, 0.29) is 57.8 Å². The molecule has 22 nitrogen and oxygen atoms in total. The molecule has 34 heteroatoms. The number of carbonyl (C=O) groups excluding carboxylic acids is 3. The minimum absolute atomic E-state index is 0. The third-order valence-electron chi connectivity index (χ3n) is 5.14. The molecule has 2 amide bonds. The van der Waals surface area contributed by atoms with Gasteiger partial charge in [-0.15, -0.1) is 69.6 Å². The Morgan fingerprint density at radius 1 is 0.634 bits per heavy atom. The van der Waals surface area contributed by atoms with Gasteiger partial charge in [-0.05, 0) is 120 Å². The Morgan fingerprint density at radius 2 is 0.887 bits per heavy atom. The zero-order chi connectivity index (χ0) is 55.1. The number of hydrogen-bond acceptors (Lipinski definition) is 16. The molecule has 0 aliphatic heterocycles. The number of carbonyl (C=O) groups is 2. The Balaban J connectivity index is -0.0000000652. The van der Waals surface area contributed by atoms with Crippen LogP contribution in [0.15, 0.2) is 4.40 Å². The van der Waals surface area contributed by atoms with Crippen LogP contribution in [0.4, 0.5) is 9.59 Å². The number of halogens is 8. The first-order chi connectivity index (χ1) is 29.9. The largest absolute Gasteiger partial charge is 0.443 e. The highest BCUT2D eigenvalue weighted by atomic mass is 35.7. The van der Waals surface area contributed by atoms with Gasteiger partial charge in [0.05, 0.1) is 21.6 Å². The molecular weight excluding hydrogens is 1190 g/mol. The molecule has 3 saturated carbocycles. The zero-order valence-corrected chi connectivity index (χ0v) is 49.0. The number of isocyanates is 1. The molecule has 0 aromatic heterocycles. The third-order valence-corrected chi connectivity index (χ3v) is 8.02. The van der Waals surface area contributed by atoms with E-state index >= 15 is 0 Å². The van der Waals surface area contributed by atoms with Gasteiger partial charge >= 0.3 is 40.9 Å². The maximum atomic E-state index is 11.3. The molecular formula is C37H88Cl8N8O14S4. The number of nitrogens with two attached hydrogens (primary N) is 2. The second-order valence-electron chi connectivity index (χ2n) is 15.5. The van der Waals surface area contributed by atoms with Gasteiger partial charge in [-0.25, -0.2) is 29.0 Å². The van der Waals surface area contributed by atoms with Gasteiger partial charge in [0.25, 0.3) is 16.3 Å². The highest BCUT2D eigenvalue weighted by Crippen LogP contribution is 2.19. The number of ether oxygens (including phenoxy) is 2. The summed E-state index contributed by atoms with van der Waals surface area (Å²) in [5.74, 6) is 0. The first-order valence-corrected chi connectivity index (χ1v) is 30.1. The van der Waals surface area contributed by atoms with E-state index in [1.807, 2.05) is 0 Å². The Morgan fingerprint density at radius 3 is 1.01 bits per heavy atom. The van der Waals surface area contributed by atoms with E-state index in [0.29, 0.717) is 6.04 Å². The van der Waals surface area contributed by atoms with Crippen molar-refractivity contribution >= 4 is 148 Å². The topological polar surface area (TPSA) is 342 Å². The van der Waals surface area contributed by atoms with Gasteiger partial charge in [-0.3, -0.25) is 0 Å². The van der Waals surface area contributed by atoms with E-state index in [2.05, 4.69) is 60.1 Å². The first-order valence-electron chi connectivity index (χ1n) is 19.3. The standard InChI is InChI=1S/C8H16N2O4S.C6H15N.C5H10ClNO4S.C4H10O.C3H8N2O2S.C3H7N.3CH2Cl2.CClNO3S.4CH4/c1-8(2,3)14-7(11)10-15(12,13)9-6-4-5-6;1-4-7(5-2)6-3;1-5(2,3)11-4(8)7-12(6,9)10;1-4(2,3)5;4-8(6,7)5-3-1-2-3;4-3-1-2-3;3*2-1-3;2-7(5,6)3-1-4;;;;/h6,9H,4-5H2,1-3H3,(H,10,11);4-6H2,1-3H3;1-3H3,(H,7,8);5H,1-3H3;3,5H,1-2H2,(H2,4,6,7);3H,1-2,4H2;3*1H2;;4*1H4. The molecule has 0 saturated heterocycles. The lowest BCUT2D eigenvalue weighted by Crippen LogP contribution is -2.43. The molecule has 0 heterocycles. The smallest absolute Gasteiger partial charge is 0.422 e. The molecule has 3 rings (SSSR count). The molecule has 0 aromatic carbocycles. The predicted molar refractivity (Wildman–Crippen MR) is 300 cm³/mol. The Kier molecular flexibility index (Phi) is 70.5. The summed E-state index contributed by atoms with van der Waals surface area (Å²) in [6.07, 6.45) is 4.73. The summed E-state index contributed by atoms with van der Waals surface area (Å²) < 4.78 is 102. The van der Waals surface area contributed by atoms with Crippen molar-refractivity contribution in [3.05, 3.63) is 0 Å². The molecule has 3 fully saturated rings. The van der Waals surface area contributed by atoms with E-state index in [1.165, 1.54) is 37.2 Å². The predicted octanol–water partition coefficient (Wildman–Crippen LogP) is 9.29. The number of alkyl halides is 6. The maximum Gasteiger partial charge on any atom is 0.422 e. The van der Waals surface area contributed by atoms with Crippen molar-refractivity contribution in [2.75, 3.05) is 35.7 Å². The first kappa shape index (κ1) is 96.5. The Bertz CT molecular complexity index is 1740. The van der Waals surface area contributed by atoms with Crippen LogP contribution in [0, 0.1) is 0 Å². The molecule has 0 radical (unpaired) electrons. The molecule has 3 aliphatic carbocycles. The van der Waals surface area contributed by atoms with Gasteiger partial charge in [0.15, 0.2) is 0 Å². The maximum absolute atomic E-state index is 11.3. The van der Waals surface area contributed by atoms with Gasteiger partial charge in [0.1, 0.15) is 11.2 Å². The number of amides is 2. The van der Waals surface area contributed by atoms with Crippen molar-refractivity contribution in [3.63, 3.8) is 0 Å². The lowest BCUT2D eigenvalue weighted by molar-refractivity contribution is 0.0557. The quantitative estimate of drug-likeness (QED) is 0.0463. The fourth-order valence-corrected chi connectivity index (χ4v) is 4.80. The molecule has 9 N–H and O–H groups in total. The number of aliphatic hydroxyl groups is 1. The summed E-state index contributed by atoms with van der Waals surface area (Å²) in [5.41, 5.74) is 3.27. The lowest BCUT2D eigenvalue weighted by atomic mass is 10.2. The van der Waals surface area contributed by atoms with Crippen LogP contribution in [0.2, 0.25) is 0 Å². The van der Waals surface area contributed by atoms with Crippen LogP contribution in [0.3, 0.4) is 0 Å². The average molecular weight is 1280 g/mol. The van der Waals surface area contributed by atoms with Crippen molar-refractivity contribution in [2.24, 2.45) is 15.3 Å². The van der Waals surface area contributed by atoms with E-state index in [0.717, 1.165) is 31.8 Å². The van der Waals surface area contributed by atoms with Crippen LogP contribution in [-0.2, 0) is 53.2 Å². The summed E-state index contributed by atoms with van der Waals surface area (Å²) in [6.45, 7) is 25.1. The number of rotatable bonds is 10. The van der Waals surface area contributed by atoms with Crippen molar-refractivity contribution in [1.82, 2.24) is 23.8 Å². The highest BCUT2D eigenvalue weighted by molar-refractivity contribution is 8.13. The van der Waals surface area contributed by atoms with E-state index in [1.54, 1.807) is 67.0 Å². The summed E-state index contributed by atoms with van der Waals surface area (Å²) in [6, 6.07) is 0.676. The molecule has 0 bridgehead atoms. The van der Waals surface area contributed by atoms with Crippen LogP contribution in [0.5, 0.6) is 0 Å². The van der Waals surface area contributed by atoms with Gasteiger partial charge in [0.2, 0.25) is 0 Å². The Hall–Kier alpha value is -0.200. The summed E-state index contributed by atoms with van der Waals surface area (Å²) in [5, 5.41) is 13.7. The monoisotopic (exact) mass is 1280 g/mol. The molecule has 71 heavy (non-hydrogen) atoms. The zero-order valence-electron chi connectivity index (χ0n) is 39.7. The molecule has 0 aromatic rings. The van der Waals surface area contributed by atoms with E-state index in [9.17, 15) is 43.3 Å². The second kappa shape index (κ2) is 51.9. The average Bonchev–Trinajstić information content (AvgIpc) is 3.92. The summed E-state index contributed by atoms with van der Waals surface area (Å²) >= 11 is 28.6. The van der Waals surface area contributed by atoms with Gasteiger partial charge in [0, 0.05) is 39.5 Å². The molecule has 0 atom stereocenters. The van der Waals surface area contributed by atoms with Crippen molar-refractivity contribution < 1.29 is 62.6 Å². The summed E-state index contributed by atoms with van der Waals surface area (Å²) in [7, 11) is -6.13. The molecule has 3 aliphatic rings. The van der Waals surface area contributed by atoms with Crippen LogP contribution in [-0.4, -0.2) is 133 Å². The minimum atomic E-state index is -4.05. The minimum Gasteiger partial charge on any atom is -0.443 e. The van der Waals surface area contributed by atoms with Crippen LogP contribution < -0.4 is 29.8 Å². The third kappa shape index (κ3) is 135. The Labute approximate surface area is 468 Å². The number of nitrogens with zero attached hydrogens (tertiary/aromatic N) is 2. The number of hydrogen-bond donors (Lipinski definition) is 7. The van der Waals surface area contributed by atoms with Crippen molar-refractivity contribution in [1.29, 1.82) is 0 Å². The van der Waals surface area contributed by atoms with E-state index in [4.69, 9.17) is 101 Å².